The Balaban J connectivity index is 2.21. The molecule has 1 aliphatic heterocycles. The minimum absolute atomic E-state index is 0.0208. The zero-order valence-electron chi connectivity index (χ0n) is 32.5. The van der Waals surface area contributed by atoms with E-state index < -0.39 is 42.3 Å². The molecule has 12 heteroatoms. The Kier molecular flexibility index (Phi) is 17.9. The second-order valence-corrected chi connectivity index (χ2v) is 14.6. The van der Waals surface area contributed by atoms with Crippen molar-refractivity contribution in [1.29, 1.82) is 0 Å². The van der Waals surface area contributed by atoms with Crippen molar-refractivity contribution in [1.82, 2.24) is 25.3 Å². The summed E-state index contributed by atoms with van der Waals surface area (Å²) >= 11 is 0. The van der Waals surface area contributed by atoms with E-state index in [4.69, 9.17) is 15.2 Å². The van der Waals surface area contributed by atoms with E-state index >= 15 is 0 Å². The van der Waals surface area contributed by atoms with Gasteiger partial charge in [0, 0.05) is 40.4 Å². The lowest BCUT2D eigenvalue weighted by Crippen LogP contribution is -2.62. The van der Waals surface area contributed by atoms with Crippen LogP contribution in [0.1, 0.15) is 72.8 Å². The van der Waals surface area contributed by atoms with Gasteiger partial charge in [-0.2, -0.15) is 0 Å². The molecule has 1 unspecified atom stereocenters. The van der Waals surface area contributed by atoms with Gasteiger partial charge in [-0.15, -0.1) is 0 Å². The molecule has 0 aliphatic carbocycles. The summed E-state index contributed by atoms with van der Waals surface area (Å²) < 4.78 is 11.9. The van der Waals surface area contributed by atoms with Gasteiger partial charge in [0.25, 0.3) is 0 Å². The van der Waals surface area contributed by atoms with Gasteiger partial charge in [-0.25, -0.2) is 0 Å². The van der Waals surface area contributed by atoms with Crippen molar-refractivity contribution in [3.05, 3.63) is 35.9 Å². The molecule has 4 amide bonds. The van der Waals surface area contributed by atoms with E-state index in [0.717, 1.165) is 31.2 Å². The fourth-order valence-electron chi connectivity index (χ4n) is 7.45. The number of likely N-dealkylation sites (N-methyl/N-ethyl adjacent to an activating group) is 2. The van der Waals surface area contributed by atoms with Crippen LogP contribution in [0.2, 0.25) is 0 Å². The molecule has 1 aromatic carbocycles. The topological polar surface area (TPSA) is 147 Å². The summed E-state index contributed by atoms with van der Waals surface area (Å²) in [5, 5.41) is 5.96. The summed E-state index contributed by atoms with van der Waals surface area (Å²) in [5.41, 5.74) is 7.45. The molecule has 1 saturated heterocycles. The number of carbonyl (C=O) groups is 4. The third kappa shape index (κ3) is 11.5. The fraction of sp³-hybridized carbons (Fsp3) is 0.737. The number of carbonyl (C=O) groups excluding carboxylic acids is 4. The average Bonchev–Trinajstić information content (AvgIpc) is 3.56. The number of nitrogens with zero attached hydrogens (tertiary/aromatic N) is 3. The smallest absolute Gasteiger partial charge is 0.246 e. The molecule has 0 radical (unpaired) electrons. The number of nitrogens with two attached hydrogens (primary N) is 1. The van der Waals surface area contributed by atoms with E-state index in [0.29, 0.717) is 13.1 Å². The number of hydrogen-bond acceptors (Lipinski definition) is 8. The number of nitrogens with one attached hydrogen (secondary N) is 2. The minimum Gasteiger partial charge on any atom is -0.379 e. The summed E-state index contributed by atoms with van der Waals surface area (Å²) in [6.07, 6.45) is 1.90. The Morgan fingerprint density at radius 1 is 0.980 bits per heavy atom. The number of likely N-dealkylation sites (tertiary alicyclic amines) is 1. The molecular formula is C38H66N6O6. The highest BCUT2D eigenvalue weighted by Gasteiger charge is 2.43. The van der Waals surface area contributed by atoms with Gasteiger partial charge in [0.2, 0.25) is 23.6 Å². The number of ether oxygens (including phenoxy) is 2. The maximum atomic E-state index is 14.1. The fourth-order valence-corrected chi connectivity index (χ4v) is 7.45. The second kappa shape index (κ2) is 20.7. The summed E-state index contributed by atoms with van der Waals surface area (Å²) in [7, 11) is 8.51. The van der Waals surface area contributed by atoms with Gasteiger partial charge in [0.05, 0.1) is 42.7 Å². The van der Waals surface area contributed by atoms with Gasteiger partial charge in [-0.05, 0) is 57.7 Å². The molecule has 0 saturated carbocycles. The molecule has 50 heavy (non-hydrogen) atoms. The van der Waals surface area contributed by atoms with Crippen molar-refractivity contribution in [2.24, 2.45) is 23.5 Å². The molecule has 2 rings (SSSR count). The summed E-state index contributed by atoms with van der Waals surface area (Å²) in [6.45, 7) is 12.6. The first-order valence-corrected chi connectivity index (χ1v) is 18.3. The van der Waals surface area contributed by atoms with Crippen molar-refractivity contribution >= 4 is 23.6 Å². The average molecular weight is 703 g/mol. The zero-order chi connectivity index (χ0) is 37.7. The first kappa shape index (κ1) is 43.1. The van der Waals surface area contributed by atoms with Gasteiger partial charge in [0.15, 0.2) is 0 Å². The molecule has 1 aliphatic rings. The lowest BCUT2D eigenvalue weighted by atomic mass is 9.89. The van der Waals surface area contributed by atoms with E-state index in [1.165, 1.54) is 0 Å². The Labute approximate surface area is 301 Å². The van der Waals surface area contributed by atoms with Crippen LogP contribution in [0.5, 0.6) is 0 Å². The lowest BCUT2D eigenvalue weighted by Gasteiger charge is -2.41. The Morgan fingerprint density at radius 2 is 1.62 bits per heavy atom. The van der Waals surface area contributed by atoms with Gasteiger partial charge in [0.1, 0.15) is 6.04 Å². The first-order chi connectivity index (χ1) is 23.6. The SMILES string of the molecule is CC[C@H](C)[C@@H]([C@@H](CC(=O)N1CCC[C@H]1[C@H](OC)[C@@H](C)C(=O)NCCc1ccccc1)OC)N(C)C(=O)[C@H](NC(=O)C(C(C)C)N(C)C)[C@H](C)N. The van der Waals surface area contributed by atoms with E-state index in [2.05, 4.69) is 10.6 Å². The molecule has 12 nitrogen and oxygen atoms in total. The Hall–Kier alpha value is -3.06. The van der Waals surface area contributed by atoms with E-state index in [9.17, 15) is 19.2 Å². The first-order valence-electron chi connectivity index (χ1n) is 18.3. The van der Waals surface area contributed by atoms with E-state index in [-0.39, 0.29) is 47.9 Å². The number of hydrogen-bond donors (Lipinski definition) is 3. The largest absolute Gasteiger partial charge is 0.379 e. The molecular weight excluding hydrogens is 636 g/mol. The third-order valence-electron chi connectivity index (χ3n) is 10.4. The molecule has 1 heterocycles. The van der Waals surface area contributed by atoms with Crippen LogP contribution in [0, 0.1) is 17.8 Å². The third-order valence-corrected chi connectivity index (χ3v) is 10.4. The van der Waals surface area contributed by atoms with Crippen molar-refractivity contribution in [2.75, 3.05) is 48.5 Å². The standard InChI is InChI=1S/C38H66N6O6/c1-12-25(4)34(43(9)38(48)32(27(6)39)41-37(47)33(24(2)3)42(7)8)30(49-10)23-31(45)44-22-16-19-29(44)35(50-11)26(5)36(46)40-21-20-28-17-14-13-15-18-28/h13-15,17-18,24-27,29-30,32-35H,12,16,19-23,39H2,1-11H3,(H,40,46)(H,41,47)/t25-,26+,27-,29-,30+,32+,33?,34-,35+/m0/s1. The van der Waals surface area contributed by atoms with Crippen LogP contribution >= 0.6 is 0 Å². The maximum Gasteiger partial charge on any atom is 0.246 e. The minimum atomic E-state index is -0.959. The quantitative estimate of drug-likeness (QED) is 0.188. The van der Waals surface area contributed by atoms with Crippen LogP contribution in [-0.2, 0) is 35.1 Å². The molecule has 0 bridgehead atoms. The highest BCUT2D eigenvalue weighted by atomic mass is 16.5. The molecule has 0 spiro atoms. The maximum absolute atomic E-state index is 14.1. The van der Waals surface area contributed by atoms with E-state index in [1.807, 2.05) is 88.8 Å². The number of benzene rings is 1. The molecule has 0 aromatic heterocycles. The van der Waals surface area contributed by atoms with Gasteiger partial charge in [-0.1, -0.05) is 71.4 Å². The second-order valence-electron chi connectivity index (χ2n) is 14.6. The van der Waals surface area contributed by atoms with Crippen LogP contribution < -0.4 is 16.4 Å². The number of amides is 4. The lowest BCUT2D eigenvalue weighted by molar-refractivity contribution is -0.147. The van der Waals surface area contributed by atoms with Crippen LogP contribution in [0.3, 0.4) is 0 Å². The molecule has 1 aromatic rings. The molecule has 9 atom stereocenters. The highest BCUT2D eigenvalue weighted by Crippen LogP contribution is 2.29. The van der Waals surface area contributed by atoms with Crippen molar-refractivity contribution in [2.45, 2.75) is 116 Å². The molecule has 4 N–H and O–H groups in total. The predicted molar refractivity (Wildman–Crippen MR) is 197 cm³/mol. The van der Waals surface area contributed by atoms with Crippen LogP contribution in [0.4, 0.5) is 0 Å². The van der Waals surface area contributed by atoms with Crippen LogP contribution in [-0.4, -0.2) is 129 Å². The summed E-state index contributed by atoms with van der Waals surface area (Å²) in [6, 6.07) is 7.20. The predicted octanol–water partition coefficient (Wildman–Crippen LogP) is 2.68. The highest BCUT2D eigenvalue weighted by molar-refractivity contribution is 5.90. The van der Waals surface area contributed by atoms with Crippen molar-refractivity contribution < 1.29 is 28.7 Å². The van der Waals surface area contributed by atoms with Crippen LogP contribution in [0.25, 0.3) is 0 Å². The van der Waals surface area contributed by atoms with Gasteiger partial charge in [-0.3, -0.25) is 24.1 Å². The zero-order valence-corrected chi connectivity index (χ0v) is 32.5. The van der Waals surface area contributed by atoms with Gasteiger partial charge >= 0.3 is 0 Å². The Bertz CT molecular complexity index is 1210. The monoisotopic (exact) mass is 703 g/mol. The summed E-state index contributed by atoms with van der Waals surface area (Å²) in [4.78, 5) is 60.0. The molecule has 284 valence electrons. The summed E-state index contributed by atoms with van der Waals surface area (Å²) in [5.74, 6) is -1.31. The van der Waals surface area contributed by atoms with Crippen molar-refractivity contribution in [3.8, 4) is 0 Å². The van der Waals surface area contributed by atoms with Crippen LogP contribution in [0.15, 0.2) is 30.3 Å². The van der Waals surface area contributed by atoms with E-state index in [1.54, 1.807) is 33.1 Å². The number of methoxy groups -OCH3 is 2. The van der Waals surface area contributed by atoms with Crippen molar-refractivity contribution in [3.63, 3.8) is 0 Å². The Morgan fingerprint density at radius 3 is 2.14 bits per heavy atom. The van der Waals surface area contributed by atoms with Gasteiger partial charge < -0.3 is 35.6 Å². The molecule has 1 fully saturated rings. The normalized spacial score (nSPS) is 19.6. The number of rotatable bonds is 20.